The predicted molar refractivity (Wildman–Crippen MR) is 99.7 cm³/mol. The van der Waals surface area contributed by atoms with Gasteiger partial charge in [0.2, 0.25) is 0 Å². The summed E-state index contributed by atoms with van der Waals surface area (Å²) < 4.78 is 18.8. The van der Waals surface area contributed by atoms with Crippen LogP contribution in [0.3, 0.4) is 0 Å². The number of phenols is 1. The maximum atomic E-state index is 13.1. The number of carbonyl (C=O) groups excluding carboxylic acids is 2. The number of hydrogen-bond acceptors (Lipinski definition) is 5. The molecule has 2 aromatic carbocycles. The standard InChI is InChI=1S/C21H15FN2O4/c1-2-10-28-19-14-4-3-9-23-17(14)18(25)15-16(19)21(27)24(20(15)26)11-12-5-7-13(22)8-6-12/h2-9,25H,1,10-11H2. The van der Waals surface area contributed by atoms with E-state index in [2.05, 4.69) is 11.6 Å². The molecular formula is C21H15FN2O4. The van der Waals surface area contributed by atoms with Gasteiger partial charge in [-0.05, 0) is 29.8 Å². The molecule has 7 heteroatoms. The smallest absolute Gasteiger partial charge is 0.265 e. The Labute approximate surface area is 159 Å². The molecule has 28 heavy (non-hydrogen) atoms. The lowest BCUT2D eigenvalue weighted by Crippen LogP contribution is -2.29. The van der Waals surface area contributed by atoms with Crippen LogP contribution in [0.1, 0.15) is 26.3 Å². The van der Waals surface area contributed by atoms with Gasteiger partial charge >= 0.3 is 0 Å². The average molecular weight is 378 g/mol. The summed E-state index contributed by atoms with van der Waals surface area (Å²) in [6.07, 6.45) is 2.99. The zero-order valence-electron chi connectivity index (χ0n) is 14.7. The largest absolute Gasteiger partial charge is 0.505 e. The normalized spacial score (nSPS) is 13.1. The Morgan fingerprint density at radius 1 is 1.14 bits per heavy atom. The van der Waals surface area contributed by atoms with E-state index in [1.807, 2.05) is 0 Å². The number of ether oxygens (including phenoxy) is 1. The lowest BCUT2D eigenvalue weighted by molar-refractivity contribution is 0.0640. The number of aromatic hydroxyl groups is 1. The Hall–Kier alpha value is -3.74. The first kappa shape index (κ1) is 17.7. The van der Waals surface area contributed by atoms with Crippen molar-refractivity contribution in [2.45, 2.75) is 6.54 Å². The van der Waals surface area contributed by atoms with Crippen LogP contribution < -0.4 is 4.74 Å². The molecule has 6 nitrogen and oxygen atoms in total. The quantitative estimate of drug-likeness (QED) is 0.543. The van der Waals surface area contributed by atoms with Crippen molar-refractivity contribution in [1.82, 2.24) is 9.88 Å². The van der Waals surface area contributed by atoms with Gasteiger partial charge in [0.1, 0.15) is 29.3 Å². The van der Waals surface area contributed by atoms with E-state index >= 15 is 0 Å². The number of nitrogens with zero attached hydrogens (tertiary/aromatic N) is 2. The van der Waals surface area contributed by atoms with Gasteiger partial charge in [-0.2, -0.15) is 0 Å². The highest BCUT2D eigenvalue weighted by Gasteiger charge is 2.42. The molecule has 1 aliphatic rings. The van der Waals surface area contributed by atoms with Crippen molar-refractivity contribution < 1.29 is 23.8 Å². The average Bonchev–Trinajstić information content (AvgIpc) is 2.95. The fraction of sp³-hybridized carbons (Fsp3) is 0.0952. The van der Waals surface area contributed by atoms with Crippen molar-refractivity contribution in [2.24, 2.45) is 0 Å². The summed E-state index contributed by atoms with van der Waals surface area (Å²) >= 11 is 0. The first-order valence-electron chi connectivity index (χ1n) is 8.51. The molecular weight excluding hydrogens is 363 g/mol. The van der Waals surface area contributed by atoms with Crippen LogP contribution in [0.2, 0.25) is 0 Å². The number of phenolic OH excluding ortho intramolecular Hbond substituents is 1. The van der Waals surface area contributed by atoms with Crippen LogP contribution in [-0.4, -0.2) is 33.4 Å². The van der Waals surface area contributed by atoms with Crippen molar-refractivity contribution >= 4 is 22.7 Å². The minimum absolute atomic E-state index is 0.00744. The Kier molecular flexibility index (Phi) is 4.27. The number of benzene rings is 2. The van der Waals surface area contributed by atoms with Gasteiger partial charge in [0, 0.05) is 11.6 Å². The maximum absolute atomic E-state index is 13.1. The third-order valence-electron chi connectivity index (χ3n) is 4.51. The molecule has 0 aliphatic carbocycles. The lowest BCUT2D eigenvalue weighted by atomic mass is 10.0. The molecule has 0 radical (unpaired) electrons. The van der Waals surface area contributed by atoms with Crippen LogP contribution in [0.25, 0.3) is 10.9 Å². The van der Waals surface area contributed by atoms with Crippen LogP contribution in [0.4, 0.5) is 4.39 Å². The molecule has 0 bridgehead atoms. The molecule has 1 N–H and O–H groups in total. The van der Waals surface area contributed by atoms with Gasteiger partial charge < -0.3 is 9.84 Å². The topological polar surface area (TPSA) is 79.7 Å². The second-order valence-corrected chi connectivity index (χ2v) is 6.25. The number of pyridine rings is 1. The third-order valence-corrected chi connectivity index (χ3v) is 4.51. The maximum Gasteiger partial charge on any atom is 0.265 e. The molecule has 0 unspecified atom stereocenters. The predicted octanol–water partition coefficient (Wildman–Crippen LogP) is 3.44. The van der Waals surface area contributed by atoms with E-state index in [4.69, 9.17) is 4.74 Å². The Bertz CT molecular complexity index is 1130. The molecule has 0 atom stereocenters. The second-order valence-electron chi connectivity index (χ2n) is 6.25. The number of amides is 2. The highest BCUT2D eigenvalue weighted by atomic mass is 19.1. The Morgan fingerprint density at radius 3 is 2.57 bits per heavy atom. The summed E-state index contributed by atoms with van der Waals surface area (Å²) in [5, 5.41) is 11.1. The molecule has 140 valence electrons. The highest BCUT2D eigenvalue weighted by Crippen LogP contribution is 2.43. The fourth-order valence-corrected chi connectivity index (χ4v) is 3.24. The monoisotopic (exact) mass is 378 g/mol. The zero-order chi connectivity index (χ0) is 19.8. The third kappa shape index (κ3) is 2.68. The number of rotatable bonds is 5. The van der Waals surface area contributed by atoms with Crippen molar-refractivity contribution in [3.63, 3.8) is 0 Å². The first-order chi connectivity index (χ1) is 13.5. The van der Waals surface area contributed by atoms with E-state index in [1.165, 1.54) is 36.5 Å². The molecule has 1 aliphatic heterocycles. The Morgan fingerprint density at radius 2 is 1.86 bits per heavy atom. The molecule has 0 saturated carbocycles. The Balaban J connectivity index is 1.86. The van der Waals surface area contributed by atoms with Crippen LogP contribution in [0.15, 0.2) is 55.3 Å². The summed E-state index contributed by atoms with van der Waals surface area (Å²) in [5.41, 5.74) is 0.598. The lowest BCUT2D eigenvalue weighted by Gasteiger charge is -2.14. The summed E-state index contributed by atoms with van der Waals surface area (Å²) in [7, 11) is 0. The van der Waals surface area contributed by atoms with Gasteiger partial charge in [0.25, 0.3) is 11.8 Å². The molecule has 0 fully saturated rings. The van der Waals surface area contributed by atoms with Crippen molar-refractivity contribution in [1.29, 1.82) is 0 Å². The van der Waals surface area contributed by atoms with Crippen molar-refractivity contribution in [3.8, 4) is 11.5 Å². The van der Waals surface area contributed by atoms with Crippen molar-refractivity contribution in [2.75, 3.05) is 6.61 Å². The second kappa shape index (κ2) is 6.77. The minimum atomic E-state index is -0.655. The number of fused-ring (bicyclic) bond motifs is 2. The number of imide groups is 1. The summed E-state index contributed by atoms with van der Waals surface area (Å²) in [4.78, 5) is 31.1. The number of halogens is 1. The van der Waals surface area contributed by atoms with Gasteiger partial charge in [-0.1, -0.05) is 24.8 Å². The van der Waals surface area contributed by atoms with E-state index in [9.17, 15) is 19.1 Å². The van der Waals surface area contributed by atoms with Crippen molar-refractivity contribution in [3.05, 3.63) is 77.8 Å². The minimum Gasteiger partial charge on any atom is -0.505 e. The van der Waals surface area contributed by atoms with Gasteiger partial charge in [-0.25, -0.2) is 4.39 Å². The summed E-state index contributed by atoms with van der Waals surface area (Å²) in [5.74, 6) is -1.85. The number of carbonyl (C=O) groups is 2. The van der Waals surface area contributed by atoms with Gasteiger partial charge in [0.05, 0.1) is 12.1 Å². The summed E-state index contributed by atoms with van der Waals surface area (Å²) in [6.45, 7) is 3.65. The molecule has 0 saturated heterocycles. The molecule has 2 amide bonds. The SMILES string of the molecule is C=CCOc1c2c(c(O)c3ncccc13)C(=O)N(Cc1ccc(F)cc1)C2=O. The van der Waals surface area contributed by atoms with E-state index in [1.54, 1.807) is 12.1 Å². The van der Waals surface area contributed by atoms with E-state index < -0.39 is 17.6 Å². The molecule has 1 aromatic heterocycles. The van der Waals surface area contributed by atoms with Crippen LogP contribution in [0.5, 0.6) is 11.5 Å². The molecule has 2 heterocycles. The molecule has 0 spiro atoms. The summed E-state index contributed by atoms with van der Waals surface area (Å²) in [6, 6.07) is 8.79. The first-order valence-corrected chi connectivity index (χ1v) is 8.51. The fourth-order valence-electron chi connectivity index (χ4n) is 3.24. The van der Waals surface area contributed by atoms with Crippen LogP contribution >= 0.6 is 0 Å². The van der Waals surface area contributed by atoms with E-state index in [0.29, 0.717) is 10.9 Å². The van der Waals surface area contributed by atoms with Gasteiger partial charge in [-0.3, -0.25) is 19.5 Å². The van der Waals surface area contributed by atoms with Crippen LogP contribution in [-0.2, 0) is 6.54 Å². The van der Waals surface area contributed by atoms with Gasteiger partial charge in [0.15, 0.2) is 5.75 Å². The van der Waals surface area contributed by atoms with E-state index in [0.717, 1.165) is 4.90 Å². The van der Waals surface area contributed by atoms with Gasteiger partial charge in [-0.15, -0.1) is 0 Å². The number of hydrogen-bond donors (Lipinski definition) is 1. The number of aromatic nitrogens is 1. The molecule has 3 aromatic rings. The molecule has 4 rings (SSSR count). The van der Waals surface area contributed by atoms with Crippen LogP contribution in [0, 0.1) is 5.82 Å². The zero-order valence-corrected chi connectivity index (χ0v) is 14.7. The van der Waals surface area contributed by atoms with E-state index in [-0.39, 0.29) is 41.3 Å². The highest BCUT2D eigenvalue weighted by molar-refractivity contribution is 6.26.